The summed E-state index contributed by atoms with van der Waals surface area (Å²) in [4.78, 5) is 13.8. The first kappa shape index (κ1) is 15.4. The summed E-state index contributed by atoms with van der Waals surface area (Å²) in [6, 6.07) is 3.46. The third-order valence-corrected chi connectivity index (χ3v) is 5.20. The predicted molar refractivity (Wildman–Crippen MR) is 78.3 cm³/mol. The fourth-order valence-electron chi connectivity index (χ4n) is 1.68. The van der Waals surface area contributed by atoms with E-state index in [9.17, 15) is 18.5 Å². The molecule has 21 heavy (non-hydrogen) atoms. The molecular weight excluding hydrogens is 316 g/mol. The summed E-state index contributed by atoms with van der Waals surface area (Å²) in [6.07, 6.45) is 0. The molecule has 0 amide bonds. The first-order valence-corrected chi connectivity index (χ1v) is 8.08. The molecule has 1 aromatic carbocycles. The van der Waals surface area contributed by atoms with Gasteiger partial charge in [0.25, 0.3) is 5.69 Å². The molecule has 2 rings (SSSR count). The number of nitrogens with zero attached hydrogens (tertiary/aromatic N) is 3. The lowest BCUT2D eigenvalue weighted by atomic mass is 10.3. The van der Waals surface area contributed by atoms with Crippen molar-refractivity contribution in [2.45, 2.75) is 11.4 Å². The SMILES string of the molecule is CN(Cc1cscn1)S(=O)(=O)c1cc(N)ccc1[N+](=O)[O-]. The Morgan fingerprint density at radius 2 is 2.19 bits per heavy atom. The van der Waals surface area contributed by atoms with Crippen LogP contribution in [0.5, 0.6) is 0 Å². The number of nitro groups is 1. The highest BCUT2D eigenvalue weighted by Gasteiger charge is 2.30. The van der Waals surface area contributed by atoms with Crippen molar-refractivity contribution in [1.29, 1.82) is 0 Å². The third-order valence-electron chi connectivity index (χ3n) is 2.74. The molecule has 112 valence electrons. The maximum atomic E-state index is 12.5. The highest BCUT2D eigenvalue weighted by Crippen LogP contribution is 2.28. The second kappa shape index (κ2) is 5.76. The van der Waals surface area contributed by atoms with Gasteiger partial charge in [0.2, 0.25) is 10.0 Å². The number of sulfonamides is 1. The van der Waals surface area contributed by atoms with E-state index in [-0.39, 0.29) is 12.2 Å². The molecule has 0 unspecified atom stereocenters. The normalized spacial score (nSPS) is 11.7. The Bertz CT molecular complexity index is 759. The van der Waals surface area contributed by atoms with Gasteiger partial charge < -0.3 is 5.73 Å². The largest absolute Gasteiger partial charge is 0.399 e. The van der Waals surface area contributed by atoms with Crippen LogP contribution in [0.4, 0.5) is 11.4 Å². The van der Waals surface area contributed by atoms with E-state index in [1.54, 1.807) is 10.9 Å². The van der Waals surface area contributed by atoms with E-state index in [2.05, 4.69) is 4.98 Å². The third kappa shape index (κ3) is 3.17. The number of nitro benzene ring substituents is 1. The average molecular weight is 328 g/mol. The van der Waals surface area contributed by atoms with Crippen molar-refractivity contribution in [3.63, 3.8) is 0 Å². The second-order valence-electron chi connectivity index (χ2n) is 4.23. The molecule has 2 aromatic rings. The highest BCUT2D eigenvalue weighted by molar-refractivity contribution is 7.89. The van der Waals surface area contributed by atoms with E-state index in [0.29, 0.717) is 5.69 Å². The Morgan fingerprint density at radius 1 is 1.48 bits per heavy atom. The molecule has 0 spiro atoms. The Kier molecular flexibility index (Phi) is 4.21. The van der Waals surface area contributed by atoms with E-state index >= 15 is 0 Å². The average Bonchev–Trinajstić information content (AvgIpc) is 2.91. The van der Waals surface area contributed by atoms with Gasteiger partial charge in [-0.2, -0.15) is 4.31 Å². The van der Waals surface area contributed by atoms with Crippen molar-refractivity contribution in [2.24, 2.45) is 0 Å². The molecule has 1 aromatic heterocycles. The van der Waals surface area contributed by atoms with Gasteiger partial charge in [-0.25, -0.2) is 13.4 Å². The molecule has 0 bridgehead atoms. The molecule has 0 atom stereocenters. The zero-order valence-electron chi connectivity index (χ0n) is 11.0. The van der Waals surface area contributed by atoms with Crippen LogP contribution in [0, 0.1) is 10.1 Å². The molecule has 0 radical (unpaired) electrons. The molecule has 0 aliphatic rings. The van der Waals surface area contributed by atoms with Gasteiger partial charge in [-0.3, -0.25) is 10.1 Å². The van der Waals surface area contributed by atoms with E-state index in [4.69, 9.17) is 5.73 Å². The number of nitrogen functional groups attached to an aromatic ring is 1. The minimum Gasteiger partial charge on any atom is -0.399 e. The lowest BCUT2D eigenvalue weighted by molar-refractivity contribution is -0.387. The number of hydrogen-bond acceptors (Lipinski definition) is 7. The van der Waals surface area contributed by atoms with Crippen molar-refractivity contribution in [3.05, 3.63) is 44.9 Å². The van der Waals surface area contributed by atoms with Crippen LogP contribution in [0.15, 0.2) is 34.0 Å². The number of nitrogens with two attached hydrogens (primary N) is 1. The van der Waals surface area contributed by atoms with Gasteiger partial charge in [-0.05, 0) is 12.1 Å². The molecule has 0 fully saturated rings. The zero-order valence-corrected chi connectivity index (χ0v) is 12.6. The fourth-order valence-corrected chi connectivity index (χ4v) is 3.56. The van der Waals surface area contributed by atoms with Crippen molar-refractivity contribution < 1.29 is 13.3 Å². The van der Waals surface area contributed by atoms with E-state index in [0.717, 1.165) is 16.4 Å². The zero-order chi connectivity index (χ0) is 15.6. The number of aromatic nitrogens is 1. The van der Waals surface area contributed by atoms with E-state index < -0.39 is 25.5 Å². The summed E-state index contributed by atoms with van der Waals surface area (Å²) in [5.74, 6) is 0. The Labute approximate surface area is 125 Å². The van der Waals surface area contributed by atoms with Gasteiger partial charge >= 0.3 is 0 Å². The summed E-state index contributed by atoms with van der Waals surface area (Å²) in [5, 5.41) is 12.7. The number of benzene rings is 1. The van der Waals surface area contributed by atoms with Crippen LogP contribution in [0.1, 0.15) is 5.69 Å². The van der Waals surface area contributed by atoms with Gasteiger partial charge in [0.05, 0.1) is 22.7 Å². The summed E-state index contributed by atoms with van der Waals surface area (Å²) in [5.41, 5.74) is 7.33. The summed E-state index contributed by atoms with van der Waals surface area (Å²) in [6.45, 7) is 0.0256. The first-order chi connectivity index (χ1) is 9.82. The van der Waals surface area contributed by atoms with Crippen LogP contribution in [-0.2, 0) is 16.6 Å². The van der Waals surface area contributed by atoms with Gasteiger partial charge in [0, 0.05) is 24.2 Å². The molecule has 1 heterocycles. The van der Waals surface area contributed by atoms with Crippen molar-refractivity contribution in [2.75, 3.05) is 12.8 Å². The van der Waals surface area contributed by atoms with Gasteiger partial charge in [0.1, 0.15) is 0 Å². The molecule has 0 saturated carbocycles. The van der Waals surface area contributed by atoms with Gasteiger partial charge in [-0.1, -0.05) is 0 Å². The highest BCUT2D eigenvalue weighted by atomic mass is 32.2. The van der Waals surface area contributed by atoms with Crippen LogP contribution < -0.4 is 5.73 Å². The summed E-state index contributed by atoms with van der Waals surface area (Å²) < 4.78 is 26.0. The summed E-state index contributed by atoms with van der Waals surface area (Å²) in [7, 11) is -2.70. The lowest BCUT2D eigenvalue weighted by Crippen LogP contribution is -2.27. The van der Waals surface area contributed by atoms with Crippen molar-refractivity contribution in [1.82, 2.24) is 9.29 Å². The number of hydrogen-bond donors (Lipinski definition) is 1. The van der Waals surface area contributed by atoms with E-state index in [1.165, 1.54) is 24.5 Å². The molecule has 0 aliphatic carbocycles. The Hall–Kier alpha value is -2.04. The second-order valence-corrected chi connectivity index (χ2v) is 6.96. The lowest BCUT2D eigenvalue weighted by Gasteiger charge is -2.16. The topological polar surface area (TPSA) is 119 Å². The molecule has 10 heteroatoms. The minimum atomic E-state index is -4.04. The predicted octanol–water partition coefficient (Wildman–Crippen LogP) is 1.45. The van der Waals surface area contributed by atoms with Crippen LogP contribution >= 0.6 is 11.3 Å². The fraction of sp³-hybridized carbons (Fsp3) is 0.182. The number of rotatable bonds is 5. The first-order valence-electron chi connectivity index (χ1n) is 5.69. The molecule has 0 saturated heterocycles. The summed E-state index contributed by atoms with van der Waals surface area (Å²) >= 11 is 1.34. The Balaban J connectivity index is 2.43. The Morgan fingerprint density at radius 3 is 2.76 bits per heavy atom. The minimum absolute atomic E-state index is 0.0256. The molecule has 8 nitrogen and oxygen atoms in total. The maximum Gasteiger partial charge on any atom is 0.289 e. The van der Waals surface area contributed by atoms with Crippen LogP contribution in [0.25, 0.3) is 0 Å². The quantitative estimate of drug-likeness (QED) is 0.504. The molecular formula is C11H12N4O4S2. The monoisotopic (exact) mass is 328 g/mol. The van der Waals surface area contributed by atoms with Crippen LogP contribution in [-0.4, -0.2) is 29.7 Å². The van der Waals surface area contributed by atoms with Crippen LogP contribution in [0.3, 0.4) is 0 Å². The van der Waals surface area contributed by atoms with Crippen molar-refractivity contribution in [3.8, 4) is 0 Å². The number of anilines is 1. The standard InChI is InChI=1S/C11H12N4O4S2/c1-14(5-9-6-20-7-13-9)21(18,19)11-4-8(12)2-3-10(11)15(16)17/h2-4,6-7H,5,12H2,1H3. The smallest absolute Gasteiger partial charge is 0.289 e. The maximum absolute atomic E-state index is 12.5. The van der Waals surface area contributed by atoms with Gasteiger partial charge in [-0.15, -0.1) is 11.3 Å². The molecule has 0 aliphatic heterocycles. The number of thiazole rings is 1. The van der Waals surface area contributed by atoms with Crippen molar-refractivity contribution >= 4 is 32.7 Å². The van der Waals surface area contributed by atoms with Gasteiger partial charge in [0.15, 0.2) is 4.90 Å². The van der Waals surface area contributed by atoms with E-state index in [1.807, 2.05) is 0 Å². The molecule has 2 N–H and O–H groups in total. The van der Waals surface area contributed by atoms with Crippen LogP contribution in [0.2, 0.25) is 0 Å².